The molecule has 2 atom stereocenters. The number of hydrogen-bond donors (Lipinski definition) is 0. The third-order valence-corrected chi connectivity index (χ3v) is 4.32. The van der Waals surface area contributed by atoms with Gasteiger partial charge in [0, 0.05) is 18.5 Å². The Morgan fingerprint density at radius 2 is 2.25 bits per heavy atom. The molecular weight excluding hydrogens is 236 g/mol. The zero-order chi connectivity index (χ0) is 8.13. The number of aromatic nitrogens is 1. The van der Waals surface area contributed by atoms with Crippen molar-refractivity contribution >= 4 is 32.4 Å². The third kappa shape index (κ3) is 1.09. The number of piperidine rings is 1. The van der Waals surface area contributed by atoms with E-state index in [0.717, 1.165) is 16.4 Å². The molecule has 1 aliphatic heterocycles. The molecule has 0 radical (unpaired) electrons. The highest BCUT2D eigenvalue weighted by atomic mass is 79.9. The molecule has 3 rings (SSSR count). The number of hydrogen-bond acceptors (Lipinski definition) is 3. The molecule has 4 heteroatoms. The van der Waals surface area contributed by atoms with Gasteiger partial charge in [-0.1, -0.05) is 0 Å². The van der Waals surface area contributed by atoms with Crippen LogP contribution in [0.3, 0.4) is 0 Å². The van der Waals surface area contributed by atoms with Crippen LogP contribution in [0.25, 0.3) is 0 Å². The van der Waals surface area contributed by atoms with Gasteiger partial charge in [-0.2, -0.15) is 0 Å². The Hall–Kier alpha value is -0.0900. The fourth-order valence-corrected chi connectivity index (χ4v) is 3.22. The van der Waals surface area contributed by atoms with E-state index >= 15 is 0 Å². The minimum atomic E-state index is 0.975. The highest BCUT2D eigenvalue weighted by molar-refractivity contribution is 9.10. The molecule has 1 saturated carbocycles. The SMILES string of the molecule is Brc1csc(N2CC3CC3C2)n1. The second kappa shape index (κ2) is 2.45. The third-order valence-electron chi connectivity index (χ3n) is 2.71. The number of halogens is 1. The van der Waals surface area contributed by atoms with E-state index in [1.165, 1.54) is 24.6 Å². The molecule has 1 aromatic rings. The van der Waals surface area contributed by atoms with Gasteiger partial charge in [0.05, 0.1) is 0 Å². The minimum Gasteiger partial charge on any atom is -0.347 e. The topological polar surface area (TPSA) is 16.1 Å². The molecule has 12 heavy (non-hydrogen) atoms. The van der Waals surface area contributed by atoms with Gasteiger partial charge in [-0.15, -0.1) is 11.3 Å². The average Bonchev–Trinajstić information content (AvgIpc) is 2.49. The molecule has 2 aliphatic rings. The van der Waals surface area contributed by atoms with Crippen LogP contribution in [0.15, 0.2) is 9.98 Å². The summed E-state index contributed by atoms with van der Waals surface area (Å²) in [5.74, 6) is 1.99. The Labute approximate surface area is 83.7 Å². The predicted octanol–water partition coefficient (Wildman–Crippen LogP) is 2.36. The molecule has 2 fully saturated rings. The van der Waals surface area contributed by atoms with Crippen LogP contribution in [0.1, 0.15) is 6.42 Å². The van der Waals surface area contributed by atoms with Crippen LogP contribution in [0.4, 0.5) is 5.13 Å². The van der Waals surface area contributed by atoms with Gasteiger partial charge >= 0.3 is 0 Å². The van der Waals surface area contributed by atoms with E-state index in [-0.39, 0.29) is 0 Å². The summed E-state index contributed by atoms with van der Waals surface area (Å²) in [4.78, 5) is 6.82. The zero-order valence-electron chi connectivity index (χ0n) is 6.53. The van der Waals surface area contributed by atoms with Crippen molar-refractivity contribution in [2.75, 3.05) is 18.0 Å². The lowest BCUT2D eigenvalue weighted by Gasteiger charge is -2.15. The second-order valence-electron chi connectivity index (χ2n) is 3.61. The molecule has 1 aromatic heterocycles. The van der Waals surface area contributed by atoms with Crippen LogP contribution < -0.4 is 4.90 Å². The lowest BCUT2D eigenvalue weighted by Crippen LogP contribution is -2.21. The maximum atomic E-state index is 4.41. The molecule has 2 unspecified atom stereocenters. The Bertz CT molecular complexity index is 302. The van der Waals surface area contributed by atoms with Crippen molar-refractivity contribution in [1.82, 2.24) is 4.98 Å². The average molecular weight is 245 g/mol. The first-order chi connectivity index (χ1) is 5.83. The Morgan fingerprint density at radius 1 is 1.50 bits per heavy atom. The van der Waals surface area contributed by atoms with Crippen LogP contribution in [0.2, 0.25) is 0 Å². The molecule has 64 valence electrons. The molecular formula is C8H9BrN2S. The maximum absolute atomic E-state index is 4.41. The molecule has 2 heterocycles. The van der Waals surface area contributed by atoms with Gasteiger partial charge in [0.25, 0.3) is 0 Å². The van der Waals surface area contributed by atoms with Crippen molar-refractivity contribution < 1.29 is 0 Å². The number of thiazole rings is 1. The summed E-state index contributed by atoms with van der Waals surface area (Å²) in [6.45, 7) is 2.48. The van der Waals surface area contributed by atoms with Gasteiger partial charge in [-0.05, 0) is 34.2 Å². The van der Waals surface area contributed by atoms with Crippen molar-refractivity contribution in [3.63, 3.8) is 0 Å². The number of rotatable bonds is 1. The number of anilines is 1. The second-order valence-corrected chi connectivity index (χ2v) is 5.26. The van der Waals surface area contributed by atoms with E-state index in [0.29, 0.717) is 0 Å². The first kappa shape index (κ1) is 7.33. The first-order valence-corrected chi connectivity index (χ1v) is 5.86. The maximum Gasteiger partial charge on any atom is 0.186 e. The van der Waals surface area contributed by atoms with E-state index in [9.17, 15) is 0 Å². The lowest BCUT2D eigenvalue weighted by molar-refractivity contribution is 0.815. The van der Waals surface area contributed by atoms with Crippen molar-refractivity contribution in [3.05, 3.63) is 9.98 Å². The quantitative estimate of drug-likeness (QED) is 0.755. The fourth-order valence-electron chi connectivity index (χ4n) is 1.95. The minimum absolute atomic E-state index is 0.975. The highest BCUT2D eigenvalue weighted by Crippen LogP contribution is 2.46. The molecule has 0 bridgehead atoms. The summed E-state index contributed by atoms with van der Waals surface area (Å²) in [6.07, 6.45) is 1.46. The van der Waals surface area contributed by atoms with Gasteiger partial charge in [0.2, 0.25) is 0 Å². The molecule has 0 spiro atoms. The van der Waals surface area contributed by atoms with Crippen LogP contribution in [-0.4, -0.2) is 18.1 Å². The summed E-state index contributed by atoms with van der Waals surface area (Å²) in [5, 5.41) is 3.24. The van der Waals surface area contributed by atoms with Gasteiger partial charge in [0.1, 0.15) is 4.60 Å². The summed E-state index contributed by atoms with van der Waals surface area (Å²) < 4.78 is 0.975. The highest BCUT2D eigenvalue weighted by Gasteiger charge is 2.45. The van der Waals surface area contributed by atoms with Crippen LogP contribution >= 0.6 is 27.3 Å². The summed E-state index contributed by atoms with van der Waals surface area (Å²) >= 11 is 5.12. The van der Waals surface area contributed by atoms with Gasteiger partial charge in [-0.25, -0.2) is 4.98 Å². The number of nitrogens with zero attached hydrogens (tertiary/aromatic N) is 2. The van der Waals surface area contributed by atoms with Crippen LogP contribution in [0, 0.1) is 11.8 Å². The van der Waals surface area contributed by atoms with Crippen LogP contribution in [0.5, 0.6) is 0 Å². The monoisotopic (exact) mass is 244 g/mol. The number of fused-ring (bicyclic) bond motifs is 1. The van der Waals surface area contributed by atoms with Gasteiger partial charge < -0.3 is 4.90 Å². The Balaban J connectivity index is 1.81. The molecule has 2 nitrogen and oxygen atoms in total. The van der Waals surface area contributed by atoms with Gasteiger partial charge in [-0.3, -0.25) is 0 Å². The molecule has 0 N–H and O–H groups in total. The largest absolute Gasteiger partial charge is 0.347 e. The summed E-state index contributed by atoms with van der Waals surface area (Å²) in [5.41, 5.74) is 0. The predicted molar refractivity (Wildman–Crippen MR) is 53.6 cm³/mol. The summed E-state index contributed by atoms with van der Waals surface area (Å²) in [6, 6.07) is 0. The Morgan fingerprint density at radius 3 is 2.83 bits per heavy atom. The molecule has 0 aromatic carbocycles. The van der Waals surface area contributed by atoms with E-state index in [1.54, 1.807) is 11.3 Å². The first-order valence-electron chi connectivity index (χ1n) is 4.19. The van der Waals surface area contributed by atoms with Crippen molar-refractivity contribution in [2.24, 2.45) is 11.8 Å². The molecule has 1 aliphatic carbocycles. The van der Waals surface area contributed by atoms with E-state index < -0.39 is 0 Å². The van der Waals surface area contributed by atoms with Crippen molar-refractivity contribution in [1.29, 1.82) is 0 Å². The standard InChI is InChI=1S/C8H9BrN2S/c9-7-4-12-8(10-7)11-2-5-1-6(5)3-11/h4-6H,1-3H2. The van der Waals surface area contributed by atoms with E-state index in [2.05, 4.69) is 31.2 Å². The van der Waals surface area contributed by atoms with Gasteiger partial charge in [0.15, 0.2) is 5.13 Å². The van der Waals surface area contributed by atoms with Crippen molar-refractivity contribution in [3.8, 4) is 0 Å². The molecule has 1 saturated heterocycles. The zero-order valence-corrected chi connectivity index (χ0v) is 8.94. The molecule has 0 amide bonds. The Kier molecular flexibility index (Phi) is 1.50. The van der Waals surface area contributed by atoms with Crippen LogP contribution in [-0.2, 0) is 0 Å². The van der Waals surface area contributed by atoms with Crippen molar-refractivity contribution in [2.45, 2.75) is 6.42 Å². The lowest BCUT2D eigenvalue weighted by atomic mass is 10.4. The normalized spacial score (nSPS) is 32.2. The smallest absolute Gasteiger partial charge is 0.186 e. The van der Waals surface area contributed by atoms with E-state index in [4.69, 9.17) is 0 Å². The summed E-state index contributed by atoms with van der Waals surface area (Å²) in [7, 11) is 0. The fraction of sp³-hybridized carbons (Fsp3) is 0.625. The van der Waals surface area contributed by atoms with E-state index in [1.807, 2.05) is 0 Å².